The Balaban J connectivity index is 2.78. The van der Waals surface area contributed by atoms with E-state index in [0.29, 0.717) is 12.3 Å². The predicted octanol–water partition coefficient (Wildman–Crippen LogP) is 3.71. The summed E-state index contributed by atoms with van der Waals surface area (Å²) in [6.45, 7) is 4.21. The van der Waals surface area contributed by atoms with Gasteiger partial charge in [-0.2, -0.15) is 0 Å². The molecule has 0 aromatic heterocycles. The van der Waals surface area contributed by atoms with Crippen LogP contribution < -0.4 is 0 Å². The van der Waals surface area contributed by atoms with Crippen molar-refractivity contribution < 1.29 is 4.79 Å². The van der Waals surface area contributed by atoms with E-state index in [0.717, 1.165) is 12.7 Å². The highest BCUT2D eigenvalue weighted by molar-refractivity contribution is 5.64. The van der Waals surface area contributed by atoms with Gasteiger partial charge in [0.1, 0.15) is 6.29 Å². The molecule has 0 amide bonds. The standard InChI is InChI=1S/C14H18O/c1-3-13(9-10-15)11-12(2)14-7-5-4-6-8-14/h4-8,10-11,13H,3,9H2,1-2H3/b12-11+. The number of benzene rings is 1. The van der Waals surface area contributed by atoms with Gasteiger partial charge in [0.15, 0.2) is 0 Å². The molecule has 0 spiro atoms. The molecule has 1 atom stereocenters. The lowest BCUT2D eigenvalue weighted by atomic mass is 9.97. The summed E-state index contributed by atoms with van der Waals surface area (Å²) >= 11 is 0. The van der Waals surface area contributed by atoms with Crippen LogP contribution in [0.1, 0.15) is 32.3 Å². The molecule has 0 aliphatic heterocycles. The Morgan fingerprint density at radius 3 is 2.53 bits per heavy atom. The van der Waals surface area contributed by atoms with Gasteiger partial charge in [-0.25, -0.2) is 0 Å². The van der Waals surface area contributed by atoms with Crippen LogP contribution in [0.3, 0.4) is 0 Å². The van der Waals surface area contributed by atoms with Crippen LogP contribution in [0.15, 0.2) is 36.4 Å². The number of hydrogen-bond donors (Lipinski definition) is 0. The first-order valence-corrected chi connectivity index (χ1v) is 5.45. The maximum Gasteiger partial charge on any atom is 0.120 e. The highest BCUT2D eigenvalue weighted by Gasteiger charge is 2.03. The molecule has 15 heavy (non-hydrogen) atoms. The molecule has 0 heterocycles. The van der Waals surface area contributed by atoms with E-state index in [4.69, 9.17) is 0 Å². The van der Waals surface area contributed by atoms with E-state index >= 15 is 0 Å². The van der Waals surface area contributed by atoms with Gasteiger partial charge >= 0.3 is 0 Å². The Hall–Kier alpha value is -1.37. The lowest BCUT2D eigenvalue weighted by molar-refractivity contribution is -0.108. The van der Waals surface area contributed by atoms with Crippen LogP contribution in [-0.4, -0.2) is 6.29 Å². The molecular weight excluding hydrogens is 184 g/mol. The average molecular weight is 202 g/mol. The monoisotopic (exact) mass is 202 g/mol. The normalized spacial score (nSPS) is 13.6. The van der Waals surface area contributed by atoms with Crippen LogP contribution in [0, 0.1) is 5.92 Å². The molecule has 1 heteroatoms. The summed E-state index contributed by atoms with van der Waals surface area (Å²) in [5.41, 5.74) is 2.49. The Labute approximate surface area is 91.8 Å². The highest BCUT2D eigenvalue weighted by atomic mass is 16.1. The van der Waals surface area contributed by atoms with E-state index in [1.54, 1.807) is 0 Å². The molecule has 1 unspecified atom stereocenters. The SMILES string of the molecule is CCC(/C=C(\C)c1ccccc1)CC=O. The molecule has 80 valence electrons. The Morgan fingerprint density at radius 2 is 2.00 bits per heavy atom. The van der Waals surface area contributed by atoms with Crippen molar-refractivity contribution in [3.05, 3.63) is 42.0 Å². The van der Waals surface area contributed by atoms with Crippen LogP contribution in [0.2, 0.25) is 0 Å². The third-order valence-electron chi connectivity index (χ3n) is 2.64. The van der Waals surface area contributed by atoms with Crippen molar-refractivity contribution >= 4 is 11.9 Å². The molecule has 1 aromatic carbocycles. The average Bonchev–Trinajstić information content (AvgIpc) is 2.29. The number of rotatable bonds is 5. The predicted molar refractivity (Wildman–Crippen MR) is 64.6 cm³/mol. The van der Waals surface area contributed by atoms with Crippen molar-refractivity contribution in [2.45, 2.75) is 26.7 Å². The topological polar surface area (TPSA) is 17.1 Å². The van der Waals surface area contributed by atoms with Crippen molar-refractivity contribution in [3.8, 4) is 0 Å². The van der Waals surface area contributed by atoms with Gasteiger partial charge in [0.25, 0.3) is 0 Å². The molecule has 0 bridgehead atoms. The molecule has 0 N–H and O–H groups in total. The summed E-state index contributed by atoms with van der Waals surface area (Å²) in [6.07, 6.45) is 4.84. The molecule has 0 aliphatic carbocycles. The first kappa shape index (κ1) is 11.7. The third kappa shape index (κ3) is 3.70. The van der Waals surface area contributed by atoms with Gasteiger partial charge in [-0.15, -0.1) is 0 Å². The second-order valence-corrected chi connectivity index (χ2v) is 3.79. The molecular formula is C14H18O. The molecule has 0 aliphatic rings. The van der Waals surface area contributed by atoms with Crippen molar-refractivity contribution in [1.29, 1.82) is 0 Å². The van der Waals surface area contributed by atoms with Crippen LogP contribution in [-0.2, 0) is 4.79 Å². The van der Waals surface area contributed by atoms with Gasteiger partial charge in [0.2, 0.25) is 0 Å². The Bertz CT molecular complexity index is 324. The van der Waals surface area contributed by atoms with Crippen molar-refractivity contribution in [1.82, 2.24) is 0 Å². The van der Waals surface area contributed by atoms with Crippen LogP contribution >= 0.6 is 0 Å². The fourth-order valence-electron chi connectivity index (χ4n) is 1.63. The van der Waals surface area contributed by atoms with Crippen molar-refractivity contribution in [2.24, 2.45) is 5.92 Å². The van der Waals surface area contributed by atoms with Crippen molar-refractivity contribution in [3.63, 3.8) is 0 Å². The van der Waals surface area contributed by atoms with E-state index in [9.17, 15) is 4.79 Å². The lowest BCUT2D eigenvalue weighted by Gasteiger charge is -2.08. The number of carbonyl (C=O) groups is 1. The summed E-state index contributed by atoms with van der Waals surface area (Å²) in [6, 6.07) is 10.3. The van der Waals surface area contributed by atoms with Gasteiger partial charge in [-0.3, -0.25) is 0 Å². The summed E-state index contributed by atoms with van der Waals surface area (Å²) in [5, 5.41) is 0. The largest absolute Gasteiger partial charge is 0.303 e. The number of allylic oxidation sites excluding steroid dienone is 2. The van der Waals surface area contributed by atoms with E-state index < -0.39 is 0 Å². The fraction of sp³-hybridized carbons (Fsp3) is 0.357. The molecule has 0 radical (unpaired) electrons. The molecule has 0 saturated carbocycles. The van der Waals surface area contributed by atoms with Gasteiger partial charge in [0, 0.05) is 6.42 Å². The van der Waals surface area contributed by atoms with E-state index in [1.807, 2.05) is 18.2 Å². The van der Waals surface area contributed by atoms with E-state index in [2.05, 4.69) is 32.1 Å². The summed E-state index contributed by atoms with van der Waals surface area (Å²) in [5.74, 6) is 0.378. The van der Waals surface area contributed by atoms with Gasteiger partial charge in [-0.05, 0) is 30.4 Å². The molecule has 1 rings (SSSR count). The lowest BCUT2D eigenvalue weighted by Crippen LogP contribution is -1.96. The second kappa shape index (κ2) is 6.18. The zero-order chi connectivity index (χ0) is 11.1. The first-order valence-electron chi connectivity index (χ1n) is 5.45. The molecule has 1 nitrogen and oxygen atoms in total. The second-order valence-electron chi connectivity index (χ2n) is 3.79. The molecule has 1 aromatic rings. The minimum atomic E-state index is 0.378. The highest BCUT2D eigenvalue weighted by Crippen LogP contribution is 2.18. The van der Waals surface area contributed by atoms with Gasteiger partial charge in [0.05, 0.1) is 0 Å². The maximum atomic E-state index is 10.5. The van der Waals surface area contributed by atoms with Crippen LogP contribution in [0.25, 0.3) is 5.57 Å². The molecule has 0 fully saturated rings. The number of aldehydes is 1. The number of carbonyl (C=O) groups excluding carboxylic acids is 1. The Kier molecular flexibility index (Phi) is 4.82. The van der Waals surface area contributed by atoms with Crippen LogP contribution in [0.5, 0.6) is 0 Å². The summed E-state index contributed by atoms with van der Waals surface area (Å²) in [7, 11) is 0. The molecule has 0 saturated heterocycles. The summed E-state index contributed by atoms with van der Waals surface area (Å²) in [4.78, 5) is 10.5. The van der Waals surface area contributed by atoms with Gasteiger partial charge in [-0.1, -0.05) is 43.3 Å². The zero-order valence-corrected chi connectivity index (χ0v) is 9.44. The van der Waals surface area contributed by atoms with Gasteiger partial charge < -0.3 is 4.79 Å². The van der Waals surface area contributed by atoms with E-state index in [1.165, 1.54) is 11.1 Å². The van der Waals surface area contributed by atoms with Crippen molar-refractivity contribution in [2.75, 3.05) is 0 Å². The first-order chi connectivity index (χ1) is 7.27. The third-order valence-corrected chi connectivity index (χ3v) is 2.64. The smallest absolute Gasteiger partial charge is 0.120 e. The number of hydrogen-bond acceptors (Lipinski definition) is 1. The van der Waals surface area contributed by atoms with E-state index in [-0.39, 0.29) is 0 Å². The minimum absolute atomic E-state index is 0.378. The fourth-order valence-corrected chi connectivity index (χ4v) is 1.63. The quantitative estimate of drug-likeness (QED) is 0.665. The zero-order valence-electron chi connectivity index (χ0n) is 9.44. The Morgan fingerprint density at radius 1 is 1.33 bits per heavy atom. The minimum Gasteiger partial charge on any atom is -0.303 e. The summed E-state index contributed by atoms with van der Waals surface area (Å²) < 4.78 is 0. The maximum absolute atomic E-state index is 10.5. The van der Waals surface area contributed by atoms with Crippen LogP contribution in [0.4, 0.5) is 0 Å².